The van der Waals surface area contributed by atoms with Crippen molar-refractivity contribution in [2.24, 2.45) is 5.11 Å². The smallest absolute Gasteiger partial charge is 0.263 e. The van der Waals surface area contributed by atoms with E-state index >= 15 is 0 Å². The van der Waals surface area contributed by atoms with E-state index < -0.39 is 28.8 Å². The van der Waals surface area contributed by atoms with Gasteiger partial charge >= 0.3 is 0 Å². The van der Waals surface area contributed by atoms with Gasteiger partial charge in [0.15, 0.2) is 0 Å². The normalized spacial score (nSPS) is 13.5. The molecule has 0 aliphatic rings. The Morgan fingerprint density at radius 1 is 1.32 bits per heavy atom. The number of sulfonamides is 1. The van der Waals surface area contributed by atoms with Crippen LogP contribution in [-0.4, -0.2) is 33.2 Å². The quantitative estimate of drug-likeness (QED) is 0.439. The van der Waals surface area contributed by atoms with Crippen molar-refractivity contribution in [3.8, 4) is 0 Å². The number of nitrogens with zero attached hydrogens (tertiary/aromatic N) is 4. The van der Waals surface area contributed by atoms with E-state index in [1.165, 1.54) is 43.6 Å². The molecule has 2 rings (SSSR count). The van der Waals surface area contributed by atoms with E-state index in [-0.39, 0.29) is 10.7 Å². The Hall–Kier alpha value is -2.68. The highest BCUT2D eigenvalue weighted by molar-refractivity contribution is 7.92. The van der Waals surface area contributed by atoms with Crippen molar-refractivity contribution in [1.82, 2.24) is 4.98 Å². The topological polar surface area (TPSA) is 117 Å². The Morgan fingerprint density at radius 3 is 2.56 bits per heavy atom. The largest absolute Gasteiger partial charge is 0.376 e. The van der Waals surface area contributed by atoms with Gasteiger partial charge in [0, 0.05) is 18.2 Å². The zero-order valence-electron chi connectivity index (χ0n) is 13.3. The fourth-order valence-electron chi connectivity index (χ4n) is 2.21. The molecule has 10 heteroatoms. The molecule has 8 nitrogen and oxygen atoms in total. The minimum Gasteiger partial charge on any atom is -0.376 e. The number of aromatic nitrogens is 1. The third-order valence-corrected chi connectivity index (χ3v) is 4.75. The van der Waals surface area contributed by atoms with Gasteiger partial charge in [-0.2, -0.15) is 0 Å². The summed E-state index contributed by atoms with van der Waals surface area (Å²) >= 11 is 0. The van der Waals surface area contributed by atoms with Crippen molar-refractivity contribution < 1.29 is 17.5 Å². The van der Waals surface area contributed by atoms with Crippen LogP contribution >= 0.6 is 0 Å². The lowest BCUT2D eigenvalue weighted by molar-refractivity contribution is 0.0721. The van der Waals surface area contributed by atoms with E-state index in [2.05, 4.69) is 19.7 Å². The molecule has 25 heavy (non-hydrogen) atoms. The molecule has 0 radical (unpaired) electrons. The maximum atomic E-state index is 13.0. The first-order valence-electron chi connectivity index (χ1n) is 7.18. The monoisotopic (exact) mass is 365 g/mol. The van der Waals surface area contributed by atoms with Gasteiger partial charge in [-0.05, 0) is 35.4 Å². The van der Waals surface area contributed by atoms with E-state index in [9.17, 15) is 12.8 Å². The van der Waals surface area contributed by atoms with Crippen molar-refractivity contribution in [1.29, 1.82) is 0 Å². The van der Waals surface area contributed by atoms with Crippen LogP contribution in [0.25, 0.3) is 10.4 Å². The number of ether oxygens (including phenoxy) is 1. The Labute approximate surface area is 144 Å². The van der Waals surface area contributed by atoms with Crippen LogP contribution in [0.5, 0.6) is 0 Å². The minimum absolute atomic E-state index is 0.0114. The average molecular weight is 365 g/mol. The van der Waals surface area contributed by atoms with Gasteiger partial charge in [-0.25, -0.2) is 13.4 Å². The summed E-state index contributed by atoms with van der Waals surface area (Å²) in [6.45, 7) is -0.899. The van der Waals surface area contributed by atoms with E-state index in [0.29, 0.717) is 5.56 Å². The first kappa shape index (κ1) is 18.7. The summed E-state index contributed by atoms with van der Waals surface area (Å²) in [7, 11) is -2.45. The number of azide groups is 1. The number of benzene rings is 1. The predicted octanol–water partition coefficient (Wildman–Crippen LogP) is 3.22. The second-order valence-corrected chi connectivity index (χ2v) is 6.65. The van der Waals surface area contributed by atoms with Crippen molar-refractivity contribution in [2.45, 2.75) is 17.0 Å². The number of rotatable bonds is 8. The molecule has 0 bridgehead atoms. The fourth-order valence-corrected chi connectivity index (χ4v) is 3.22. The molecule has 0 aliphatic heterocycles. The minimum atomic E-state index is -3.81. The summed E-state index contributed by atoms with van der Waals surface area (Å²) in [5.41, 5.74) is 8.99. The summed E-state index contributed by atoms with van der Waals surface area (Å²) in [5, 5.41) is 3.36. The molecule has 0 amide bonds. The van der Waals surface area contributed by atoms with Gasteiger partial charge in [-0.1, -0.05) is 23.3 Å². The van der Waals surface area contributed by atoms with Crippen LogP contribution in [0.1, 0.15) is 11.7 Å². The number of nitrogens with one attached hydrogen (secondary N) is 1. The first-order chi connectivity index (χ1) is 12.0. The van der Waals surface area contributed by atoms with Crippen LogP contribution < -0.4 is 4.72 Å². The zero-order valence-corrected chi connectivity index (χ0v) is 14.1. The number of pyridine rings is 1. The molecule has 2 atom stereocenters. The average Bonchev–Trinajstić information content (AvgIpc) is 2.62. The molecule has 0 saturated carbocycles. The van der Waals surface area contributed by atoms with Gasteiger partial charge in [0.1, 0.15) is 12.5 Å². The molecule has 1 aromatic carbocycles. The van der Waals surface area contributed by atoms with Crippen molar-refractivity contribution in [2.75, 3.05) is 18.5 Å². The van der Waals surface area contributed by atoms with Crippen molar-refractivity contribution >= 4 is 15.8 Å². The Bertz CT molecular complexity index is 839. The second-order valence-electron chi connectivity index (χ2n) is 4.97. The lowest BCUT2D eigenvalue weighted by Crippen LogP contribution is -2.20. The third kappa shape index (κ3) is 4.66. The van der Waals surface area contributed by atoms with Crippen LogP contribution in [0.3, 0.4) is 0 Å². The standard InChI is InChI=1S/C15H16FN5O3S/c1-24-15(13(10-16)19-21-17)11-5-7-12(8-6-11)25(22,23)20-14-4-2-3-9-18-14/h2-9,13,15H,10H2,1H3,(H,18,20)/t13-,15-/m1/s1. The molecule has 132 valence electrons. The van der Waals surface area contributed by atoms with Gasteiger partial charge in [0.05, 0.1) is 17.0 Å². The van der Waals surface area contributed by atoms with Crippen LogP contribution in [0.2, 0.25) is 0 Å². The van der Waals surface area contributed by atoms with Gasteiger partial charge in [0.2, 0.25) is 0 Å². The van der Waals surface area contributed by atoms with E-state index in [1.54, 1.807) is 12.1 Å². The third-order valence-electron chi connectivity index (χ3n) is 3.38. The summed E-state index contributed by atoms with van der Waals surface area (Å²) in [5.74, 6) is 0.196. The Balaban J connectivity index is 2.24. The lowest BCUT2D eigenvalue weighted by atomic mass is 10.0. The lowest BCUT2D eigenvalue weighted by Gasteiger charge is -2.20. The van der Waals surface area contributed by atoms with Gasteiger partial charge < -0.3 is 4.74 Å². The molecule has 2 aromatic rings. The first-order valence-corrected chi connectivity index (χ1v) is 8.67. The zero-order chi connectivity index (χ0) is 18.3. The predicted molar refractivity (Wildman–Crippen MR) is 90.1 cm³/mol. The van der Waals surface area contributed by atoms with E-state index in [4.69, 9.17) is 10.3 Å². The molecule has 0 aliphatic carbocycles. The molecule has 0 spiro atoms. The van der Waals surface area contributed by atoms with Crippen molar-refractivity contribution in [3.05, 3.63) is 64.7 Å². The van der Waals surface area contributed by atoms with E-state index in [1.807, 2.05) is 0 Å². The molecule has 1 heterocycles. The number of hydrogen-bond acceptors (Lipinski definition) is 5. The number of methoxy groups -OCH3 is 1. The molecule has 0 unspecified atom stereocenters. The summed E-state index contributed by atoms with van der Waals surface area (Å²) in [6.07, 6.45) is 0.651. The Morgan fingerprint density at radius 2 is 2.04 bits per heavy atom. The molecule has 0 fully saturated rings. The van der Waals surface area contributed by atoms with Crippen LogP contribution in [0.4, 0.5) is 10.2 Å². The van der Waals surface area contributed by atoms with Gasteiger partial charge in [-0.3, -0.25) is 9.11 Å². The molecule has 1 N–H and O–H groups in total. The maximum Gasteiger partial charge on any atom is 0.263 e. The number of alkyl halides is 1. The summed E-state index contributed by atoms with van der Waals surface area (Å²) in [4.78, 5) is 6.51. The SMILES string of the molecule is CO[C@H](c1ccc(S(=O)(=O)Nc2ccccn2)cc1)[C@@H](CF)N=[N+]=[N-]. The Kier molecular flexibility index (Phi) is 6.29. The number of anilines is 1. The molecule has 0 saturated heterocycles. The fraction of sp³-hybridized carbons (Fsp3) is 0.267. The number of halogens is 1. The van der Waals surface area contributed by atoms with E-state index in [0.717, 1.165) is 0 Å². The summed E-state index contributed by atoms with van der Waals surface area (Å²) < 4.78 is 45.2. The summed E-state index contributed by atoms with van der Waals surface area (Å²) in [6, 6.07) is 9.50. The highest BCUT2D eigenvalue weighted by atomic mass is 32.2. The van der Waals surface area contributed by atoms with Gasteiger partial charge in [0.25, 0.3) is 10.0 Å². The second kappa shape index (κ2) is 8.43. The van der Waals surface area contributed by atoms with Crippen LogP contribution in [-0.2, 0) is 14.8 Å². The molecular weight excluding hydrogens is 349 g/mol. The molecular formula is C15H16FN5O3S. The van der Waals surface area contributed by atoms with Crippen molar-refractivity contribution in [3.63, 3.8) is 0 Å². The number of hydrogen-bond donors (Lipinski definition) is 1. The maximum absolute atomic E-state index is 13.0. The van der Waals surface area contributed by atoms with Gasteiger partial charge in [-0.15, -0.1) is 0 Å². The molecule has 1 aromatic heterocycles. The van der Waals surface area contributed by atoms with Crippen LogP contribution in [0, 0.1) is 0 Å². The highest BCUT2D eigenvalue weighted by Crippen LogP contribution is 2.25. The van der Waals surface area contributed by atoms with Crippen LogP contribution in [0.15, 0.2) is 58.7 Å². The highest BCUT2D eigenvalue weighted by Gasteiger charge is 2.23.